The van der Waals surface area contributed by atoms with E-state index in [1.165, 1.54) is 0 Å². The first-order valence-electron chi connectivity index (χ1n) is 11.8. The van der Waals surface area contributed by atoms with Gasteiger partial charge in [-0.2, -0.15) is 0 Å². The van der Waals surface area contributed by atoms with Crippen molar-refractivity contribution in [1.82, 2.24) is 0 Å². The summed E-state index contributed by atoms with van der Waals surface area (Å²) in [4.78, 5) is 0. The maximum atomic E-state index is 11.9. The van der Waals surface area contributed by atoms with Crippen molar-refractivity contribution in [3.05, 3.63) is 108 Å². The van der Waals surface area contributed by atoms with Gasteiger partial charge in [-0.1, -0.05) is 107 Å². The molecule has 1 saturated carbocycles. The Morgan fingerprint density at radius 3 is 1.60 bits per heavy atom. The van der Waals surface area contributed by atoms with E-state index in [1.54, 1.807) is 0 Å². The van der Waals surface area contributed by atoms with Gasteiger partial charge in [-0.15, -0.1) is 0 Å². The summed E-state index contributed by atoms with van der Waals surface area (Å²) in [7, 11) is 0. The highest BCUT2D eigenvalue weighted by atomic mass is 79.9. The number of hydrogen-bond donors (Lipinski definition) is 1. The van der Waals surface area contributed by atoms with Gasteiger partial charge in [-0.05, 0) is 11.1 Å². The smallest absolute Gasteiger partial charge is 0.313 e. The van der Waals surface area contributed by atoms with Crippen molar-refractivity contribution in [2.24, 2.45) is 0 Å². The molecule has 4 aliphatic rings. The average molecular weight is 539 g/mol. The van der Waals surface area contributed by atoms with Gasteiger partial charge in [0.25, 0.3) is 0 Å². The van der Waals surface area contributed by atoms with E-state index in [0.717, 1.165) is 16.7 Å². The molecule has 1 aliphatic carbocycles. The predicted octanol–water partition coefficient (Wildman–Crippen LogP) is 4.29. The minimum Gasteiger partial charge on any atom is -0.383 e. The van der Waals surface area contributed by atoms with Crippen LogP contribution in [0, 0.1) is 0 Å². The van der Waals surface area contributed by atoms with E-state index < -0.39 is 42.1 Å². The van der Waals surface area contributed by atoms with Crippen LogP contribution in [-0.4, -0.2) is 46.6 Å². The van der Waals surface area contributed by atoms with Gasteiger partial charge in [-0.3, -0.25) is 0 Å². The summed E-state index contributed by atoms with van der Waals surface area (Å²) >= 11 is 3.52. The maximum Gasteiger partial charge on any atom is 0.313 e. The van der Waals surface area contributed by atoms with Gasteiger partial charge in [0.1, 0.15) is 36.1 Å². The lowest BCUT2D eigenvalue weighted by molar-refractivity contribution is -0.564. The molecule has 3 aromatic rings. The van der Waals surface area contributed by atoms with Gasteiger partial charge in [0, 0.05) is 10.9 Å². The molecule has 7 heteroatoms. The molecule has 3 aromatic carbocycles. The molecule has 0 amide bonds. The lowest BCUT2D eigenvalue weighted by Crippen LogP contribution is -2.83. The summed E-state index contributed by atoms with van der Waals surface area (Å²) in [5.41, 5.74) is 1.42. The van der Waals surface area contributed by atoms with Crippen molar-refractivity contribution in [2.45, 2.75) is 55.3 Å². The van der Waals surface area contributed by atoms with Crippen molar-refractivity contribution in [3.8, 4) is 0 Å². The van der Waals surface area contributed by atoms with Crippen LogP contribution >= 0.6 is 15.9 Å². The second-order valence-electron chi connectivity index (χ2n) is 9.23. The van der Waals surface area contributed by atoms with Gasteiger partial charge in [0.2, 0.25) is 0 Å². The van der Waals surface area contributed by atoms with Crippen molar-refractivity contribution in [1.29, 1.82) is 0 Å². The van der Waals surface area contributed by atoms with Gasteiger partial charge in [-0.25, -0.2) is 0 Å². The molecule has 3 unspecified atom stereocenters. The monoisotopic (exact) mass is 538 g/mol. The first-order valence-corrected chi connectivity index (χ1v) is 12.9. The van der Waals surface area contributed by atoms with Crippen LogP contribution in [0.2, 0.25) is 0 Å². The molecule has 0 radical (unpaired) electrons. The second kappa shape index (κ2) is 9.41. The second-order valence-corrected chi connectivity index (χ2v) is 9.79. The predicted molar refractivity (Wildman–Crippen MR) is 132 cm³/mol. The van der Waals surface area contributed by atoms with Crippen molar-refractivity contribution in [2.75, 3.05) is 5.33 Å². The highest BCUT2D eigenvalue weighted by molar-refractivity contribution is 9.09. The Kier molecular flexibility index (Phi) is 6.26. The zero-order valence-corrected chi connectivity index (χ0v) is 20.6. The quantitative estimate of drug-likeness (QED) is 0.431. The summed E-state index contributed by atoms with van der Waals surface area (Å²) in [6, 6.07) is 29.4. The van der Waals surface area contributed by atoms with Crippen LogP contribution in [0.15, 0.2) is 91.0 Å². The first kappa shape index (κ1) is 23.3. The minimum atomic E-state index is -1.42. The summed E-state index contributed by atoms with van der Waals surface area (Å²) in [6.45, 7) is 0.720. The molecule has 3 saturated heterocycles. The SMILES string of the molecule is OC1(CBr)[C@@H]2OC3(c4ccccc4)OC([C@H]2OCc2ccccc2)[C@H](OCc2ccccc2)[C@@H]1O3. The molecule has 0 spiro atoms. The topological polar surface area (TPSA) is 66.4 Å². The number of aliphatic hydroxyl groups is 1. The summed E-state index contributed by atoms with van der Waals surface area (Å²) in [5, 5.41) is 12.1. The van der Waals surface area contributed by atoms with Crippen molar-refractivity contribution < 1.29 is 28.8 Å². The Labute approximate surface area is 212 Å². The highest BCUT2D eigenvalue weighted by Crippen LogP contribution is 2.55. The summed E-state index contributed by atoms with van der Waals surface area (Å²) < 4.78 is 32.1. The van der Waals surface area contributed by atoms with Crippen LogP contribution in [-0.2, 0) is 42.9 Å². The third-order valence-corrected chi connectivity index (χ3v) is 7.90. The van der Waals surface area contributed by atoms with Gasteiger partial charge >= 0.3 is 5.97 Å². The standard InChI is InChI=1S/C28H27BrO6/c29-18-27(30)25-23(31-16-19-10-4-1-5-11-19)22-24(32-17-20-12-6-2-7-13-20)26(27)35-28(33-22,34-25)21-14-8-3-9-15-21/h1-15,22-26,30H,16-18H2/t22?,23-,24+,25-,26+,27?,28?. The molecule has 35 heavy (non-hydrogen) atoms. The molecule has 182 valence electrons. The molecule has 7 atom stereocenters. The number of halogens is 1. The van der Waals surface area contributed by atoms with Gasteiger partial charge in [0.05, 0.1) is 13.2 Å². The first-order chi connectivity index (χ1) is 17.1. The normalized spacial score (nSPS) is 35.3. The molecule has 1 N–H and O–H groups in total. The minimum absolute atomic E-state index is 0.239. The molecule has 4 fully saturated rings. The van der Waals surface area contributed by atoms with Crippen LogP contribution in [0.25, 0.3) is 0 Å². The van der Waals surface area contributed by atoms with Crippen molar-refractivity contribution in [3.63, 3.8) is 0 Å². The fourth-order valence-corrected chi connectivity index (χ4v) is 5.87. The van der Waals surface area contributed by atoms with Crippen LogP contribution in [0.3, 0.4) is 0 Å². The van der Waals surface area contributed by atoms with Crippen LogP contribution in [0.5, 0.6) is 0 Å². The maximum absolute atomic E-state index is 11.9. The molecule has 4 bridgehead atoms. The fourth-order valence-electron chi connectivity index (χ4n) is 5.23. The number of hydrogen-bond acceptors (Lipinski definition) is 6. The van der Waals surface area contributed by atoms with Crippen LogP contribution in [0.4, 0.5) is 0 Å². The average Bonchev–Trinajstić information content (AvgIpc) is 2.92. The zero-order chi connectivity index (χ0) is 23.9. The van der Waals surface area contributed by atoms with Gasteiger partial charge in [0.15, 0.2) is 0 Å². The largest absolute Gasteiger partial charge is 0.383 e. The van der Waals surface area contributed by atoms with Crippen LogP contribution in [0.1, 0.15) is 16.7 Å². The Balaban J connectivity index is 1.34. The number of rotatable bonds is 8. The molecule has 0 aromatic heterocycles. The molecule has 7 rings (SSSR count). The highest BCUT2D eigenvalue weighted by Gasteiger charge is 2.73. The zero-order valence-electron chi connectivity index (χ0n) is 19.0. The molecular weight excluding hydrogens is 512 g/mol. The Hall–Kier alpha value is -2.10. The number of alkyl halides is 1. The molecule has 3 aliphatic heterocycles. The van der Waals surface area contributed by atoms with Gasteiger partial charge < -0.3 is 28.8 Å². The third-order valence-electron chi connectivity index (χ3n) is 7.00. The Morgan fingerprint density at radius 2 is 1.14 bits per heavy atom. The fraction of sp³-hybridized carbons (Fsp3) is 0.357. The Morgan fingerprint density at radius 1 is 0.686 bits per heavy atom. The lowest BCUT2D eigenvalue weighted by Gasteiger charge is -2.65. The van der Waals surface area contributed by atoms with E-state index in [-0.39, 0.29) is 5.33 Å². The molecular formula is C28H27BrO6. The van der Waals surface area contributed by atoms with Crippen molar-refractivity contribution >= 4 is 15.9 Å². The van der Waals surface area contributed by atoms with E-state index in [0.29, 0.717) is 13.2 Å². The summed E-state index contributed by atoms with van der Waals surface area (Å²) in [5.74, 6) is -1.42. The van der Waals surface area contributed by atoms with Crippen LogP contribution < -0.4 is 0 Å². The van der Waals surface area contributed by atoms with E-state index in [1.807, 2.05) is 91.0 Å². The number of benzene rings is 3. The van der Waals surface area contributed by atoms with E-state index >= 15 is 0 Å². The van der Waals surface area contributed by atoms with E-state index in [9.17, 15) is 5.11 Å². The Bertz CT molecular complexity index is 1070. The third kappa shape index (κ3) is 4.05. The van der Waals surface area contributed by atoms with E-state index in [4.69, 9.17) is 23.7 Å². The summed E-state index contributed by atoms with van der Waals surface area (Å²) in [6.07, 6.45) is -2.98. The lowest BCUT2D eigenvalue weighted by atomic mass is 9.73. The number of ether oxygens (including phenoxy) is 5. The van der Waals surface area contributed by atoms with E-state index in [2.05, 4.69) is 15.9 Å². The molecule has 3 heterocycles. The molecule has 6 nitrogen and oxygen atoms in total.